The highest BCUT2D eigenvalue weighted by molar-refractivity contribution is 8.18. The summed E-state index contributed by atoms with van der Waals surface area (Å²) in [4.78, 5) is 27.2. The normalized spacial score (nSPS) is 15.6. The second-order valence-corrected chi connectivity index (χ2v) is 9.73. The maximum absolute atomic E-state index is 13.1. The molecular weight excluding hydrogens is 525 g/mol. The molecule has 0 atom stereocenters. The van der Waals surface area contributed by atoms with Crippen molar-refractivity contribution < 1.29 is 28.5 Å². The van der Waals surface area contributed by atoms with E-state index in [0.717, 1.165) is 22.2 Å². The smallest absolute Gasteiger partial charge is 0.293 e. The Balaban J connectivity index is 1.33. The standard InChI is InChI=1S/C26H19Cl2NO6S/c1-32-20-7-4-16(8-21(20)33-13-15-2-5-18(27)6-3-15)9-24-25(30)29(26(31)36-24)12-17-10-22-23(11-19(17)28)35-14-34-22/h2-11H,12-14H2,1H3/b24-9-. The van der Waals surface area contributed by atoms with E-state index in [1.165, 1.54) is 0 Å². The summed E-state index contributed by atoms with van der Waals surface area (Å²) in [5.74, 6) is 1.71. The van der Waals surface area contributed by atoms with Crippen LogP contribution < -0.4 is 18.9 Å². The van der Waals surface area contributed by atoms with E-state index in [0.29, 0.717) is 55.7 Å². The Morgan fingerprint density at radius 3 is 2.50 bits per heavy atom. The summed E-state index contributed by atoms with van der Waals surface area (Å²) in [7, 11) is 1.55. The molecule has 7 nitrogen and oxygen atoms in total. The largest absolute Gasteiger partial charge is 0.493 e. The van der Waals surface area contributed by atoms with Gasteiger partial charge in [0, 0.05) is 16.1 Å². The summed E-state index contributed by atoms with van der Waals surface area (Å²) < 4.78 is 22.1. The average Bonchev–Trinajstić information content (AvgIpc) is 3.43. The molecule has 0 bridgehead atoms. The number of fused-ring (bicyclic) bond motifs is 1. The highest BCUT2D eigenvalue weighted by Crippen LogP contribution is 2.40. The van der Waals surface area contributed by atoms with Crippen molar-refractivity contribution in [3.63, 3.8) is 0 Å². The SMILES string of the molecule is COc1ccc(/C=C2\SC(=O)N(Cc3cc4c(cc3Cl)OCO4)C2=O)cc1OCc1ccc(Cl)cc1. The van der Waals surface area contributed by atoms with Crippen molar-refractivity contribution in [3.05, 3.63) is 86.2 Å². The number of imide groups is 1. The molecule has 3 aromatic carbocycles. The van der Waals surface area contributed by atoms with Gasteiger partial charge in [0.15, 0.2) is 23.0 Å². The van der Waals surface area contributed by atoms with Gasteiger partial charge in [0.1, 0.15) is 6.61 Å². The first-order valence-corrected chi connectivity index (χ1v) is 12.4. The minimum atomic E-state index is -0.404. The Kier molecular flexibility index (Phi) is 7.00. The molecule has 36 heavy (non-hydrogen) atoms. The Hall–Kier alpha value is -3.33. The third-order valence-corrected chi connectivity index (χ3v) is 7.05. The van der Waals surface area contributed by atoms with Crippen LogP contribution in [0.3, 0.4) is 0 Å². The molecule has 0 unspecified atom stereocenters. The summed E-state index contributed by atoms with van der Waals surface area (Å²) in [6.45, 7) is 0.437. The van der Waals surface area contributed by atoms with E-state index >= 15 is 0 Å². The van der Waals surface area contributed by atoms with Gasteiger partial charge in [-0.15, -0.1) is 0 Å². The summed E-state index contributed by atoms with van der Waals surface area (Å²) in [5.41, 5.74) is 2.22. The van der Waals surface area contributed by atoms with E-state index in [1.807, 2.05) is 12.1 Å². The van der Waals surface area contributed by atoms with E-state index in [9.17, 15) is 9.59 Å². The molecule has 3 aromatic rings. The fourth-order valence-electron chi connectivity index (χ4n) is 3.68. The molecule has 0 aliphatic carbocycles. The lowest BCUT2D eigenvalue weighted by Crippen LogP contribution is -2.27. The molecule has 10 heteroatoms. The number of methoxy groups -OCH3 is 1. The first kappa shape index (κ1) is 24.4. The second kappa shape index (κ2) is 10.3. The molecular formula is C26H19Cl2NO6S. The molecule has 1 fully saturated rings. The van der Waals surface area contributed by atoms with Crippen LogP contribution in [0.1, 0.15) is 16.7 Å². The Labute approximate surface area is 221 Å². The molecule has 0 N–H and O–H groups in total. The number of nitrogens with zero attached hydrogens (tertiary/aromatic N) is 1. The summed E-state index contributed by atoms with van der Waals surface area (Å²) >= 11 is 13.2. The fourth-order valence-corrected chi connectivity index (χ4v) is 4.85. The number of rotatable bonds is 7. The van der Waals surface area contributed by atoms with Crippen molar-refractivity contribution in [2.24, 2.45) is 0 Å². The van der Waals surface area contributed by atoms with Crippen LogP contribution in [0.4, 0.5) is 4.79 Å². The van der Waals surface area contributed by atoms with Gasteiger partial charge in [-0.1, -0.05) is 41.4 Å². The van der Waals surface area contributed by atoms with Crippen LogP contribution >= 0.6 is 35.0 Å². The van der Waals surface area contributed by atoms with Crippen LogP contribution in [0, 0.1) is 0 Å². The van der Waals surface area contributed by atoms with Crippen LogP contribution in [0.15, 0.2) is 59.5 Å². The molecule has 1 saturated heterocycles. The molecule has 2 heterocycles. The molecule has 2 aliphatic heterocycles. The second-order valence-electron chi connectivity index (χ2n) is 7.89. The number of thioether (sulfide) groups is 1. The molecule has 0 radical (unpaired) electrons. The number of benzene rings is 3. The lowest BCUT2D eigenvalue weighted by molar-refractivity contribution is -0.123. The third kappa shape index (κ3) is 5.11. The number of amides is 2. The van der Waals surface area contributed by atoms with E-state index in [4.69, 9.17) is 42.1 Å². The number of halogens is 2. The van der Waals surface area contributed by atoms with Gasteiger partial charge in [-0.25, -0.2) is 0 Å². The summed E-state index contributed by atoms with van der Waals surface area (Å²) in [5, 5.41) is 0.653. The summed E-state index contributed by atoms with van der Waals surface area (Å²) in [6.07, 6.45) is 1.65. The van der Waals surface area contributed by atoms with Gasteiger partial charge in [-0.3, -0.25) is 14.5 Å². The first-order valence-electron chi connectivity index (χ1n) is 10.8. The van der Waals surface area contributed by atoms with E-state index in [-0.39, 0.29) is 18.6 Å². The van der Waals surface area contributed by atoms with Crippen molar-refractivity contribution in [1.29, 1.82) is 0 Å². The van der Waals surface area contributed by atoms with Crippen molar-refractivity contribution in [3.8, 4) is 23.0 Å². The lowest BCUT2D eigenvalue weighted by Gasteiger charge is -2.14. The molecule has 184 valence electrons. The quantitative estimate of drug-likeness (QED) is 0.313. The maximum atomic E-state index is 13.1. The van der Waals surface area contributed by atoms with E-state index in [1.54, 1.807) is 55.7 Å². The fraction of sp³-hybridized carbons (Fsp3) is 0.154. The Bertz CT molecular complexity index is 1380. The molecule has 0 aromatic heterocycles. The zero-order chi connectivity index (χ0) is 25.2. The van der Waals surface area contributed by atoms with Gasteiger partial charge < -0.3 is 18.9 Å². The van der Waals surface area contributed by atoms with Crippen LogP contribution in [-0.2, 0) is 17.9 Å². The van der Waals surface area contributed by atoms with Gasteiger partial charge in [0.25, 0.3) is 11.1 Å². The predicted octanol–water partition coefficient (Wildman–Crippen LogP) is 6.55. The molecule has 2 aliphatic rings. The van der Waals surface area contributed by atoms with E-state index < -0.39 is 5.91 Å². The van der Waals surface area contributed by atoms with Crippen molar-refractivity contribution in [2.45, 2.75) is 13.2 Å². The molecule has 0 saturated carbocycles. The van der Waals surface area contributed by atoms with Crippen molar-refractivity contribution >= 4 is 52.2 Å². The van der Waals surface area contributed by atoms with Gasteiger partial charge in [0.2, 0.25) is 6.79 Å². The van der Waals surface area contributed by atoms with E-state index in [2.05, 4.69) is 0 Å². The van der Waals surface area contributed by atoms with Crippen LogP contribution in [0.25, 0.3) is 6.08 Å². The van der Waals surface area contributed by atoms with Gasteiger partial charge in [-0.05, 0) is 64.9 Å². The maximum Gasteiger partial charge on any atom is 0.293 e. The highest BCUT2D eigenvalue weighted by atomic mass is 35.5. The zero-order valence-electron chi connectivity index (χ0n) is 19.0. The Morgan fingerprint density at radius 1 is 1.00 bits per heavy atom. The lowest BCUT2D eigenvalue weighted by atomic mass is 10.1. The van der Waals surface area contributed by atoms with Gasteiger partial charge in [0.05, 0.1) is 18.6 Å². The minimum absolute atomic E-state index is 0.0234. The third-order valence-electron chi connectivity index (χ3n) is 5.54. The van der Waals surface area contributed by atoms with Crippen molar-refractivity contribution in [1.82, 2.24) is 4.90 Å². The highest BCUT2D eigenvalue weighted by Gasteiger charge is 2.35. The van der Waals surface area contributed by atoms with Gasteiger partial charge >= 0.3 is 0 Å². The number of hydrogen-bond donors (Lipinski definition) is 0. The molecule has 0 spiro atoms. The summed E-state index contributed by atoms with van der Waals surface area (Å²) in [6, 6.07) is 15.9. The average molecular weight is 544 g/mol. The minimum Gasteiger partial charge on any atom is -0.493 e. The first-order chi connectivity index (χ1) is 17.4. The topological polar surface area (TPSA) is 74.3 Å². The number of carbonyl (C=O) groups is 2. The predicted molar refractivity (Wildman–Crippen MR) is 138 cm³/mol. The van der Waals surface area contributed by atoms with Crippen LogP contribution in [-0.4, -0.2) is 29.9 Å². The monoisotopic (exact) mass is 543 g/mol. The van der Waals surface area contributed by atoms with Crippen LogP contribution in [0.2, 0.25) is 10.0 Å². The zero-order valence-corrected chi connectivity index (χ0v) is 21.3. The Morgan fingerprint density at radius 2 is 1.75 bits per heavy atom. The number of carbonyl (C=O) groups excluding carboxylic acids is 2. The van der Waals surface area contributed by atoms with Gasteiger partial charge in [-0.2, -0.15) is 0 Å². The van der Waals surface area contributed by atoms with Crippen molar-refractivity contribution in [2.75, 3.05) is 13.9 Å². The molecule has 2 amide bonds. The molecule has 5 rings (SSSR count). The number of hydrogen-bond acceptors (Lipinski definition) is 7. The van der Waals surface area contributed by atoms with Crippen LogP contribution in [0.5, 0.6) is 23.0 Å². The number of ether oxygens (including phenoxy) is 4.